The molecule has 138 valence electrons. The Morgan fingerprint density at radius 1 is 1.15 bits per heavy atom. The molecule has 0 atom stereocenters. The van der Waals surface area contributed by atoms with Crippen LogP contribution < -0.4 is 10.6 Å². The number of carbonyl (C=O) groups is 1. The van der Waals surface area contributed by atoms with Gasteiger partial charge in [0.25, 0.3) is 0 Å². The third kappa shape index (κ3) is 4.57. The Kier molecular flexibility index (Phi) is 6.16. The molecule has 4 nitrogen and oxygen atoms in total. The van der Waals surface area contributed by atoms with Gasteiger partial charge in [0.15, 0.2) is 0 Å². The molecule has 0 aliphatic carbocycles. The van der Waals surface area contributed by atoms with Gasteiger partial charge in [-0.15, -0.1) is 0 Å². The molecule has 2 aromatic rings. The molecule has 1 aliphatic heterocycles. The van der Waals surface area contributed by atoms with E-state index in [1.807, 2.05) is 19.1 Å². The van der Waals surface area contributed by atoms with Crippen molar-refractivity contribution in [1.29, 1.82) is 0 Å². The van der Waals surface area contributed by atoms with Gasteiger partial charge in [-0.25, -0.2) is 4.79 Å². The maximum Gasteiger partial charge on any atom is 0.340 e. The highest BCUT2D eigenvalue weighted by Gasteiger charge is 2.23. The third-order valence-electron chi connectivity index (χ3n) is 5.00. The van der Waals surface area contributed by atoms with Crippen molar-refractivity contribution in [2.45, 2.75) is 32.6 Å². The first kappa shape index (κ1) is 18.3. The number of ether oxygens (including phenoxy) is 1. The topological polar surface area (TPSA) is 55.6 Å². The number of nitrogen functional groups attached to an aromatic ring is 1. The summed E-state index contributed by atoms with van der Waals surface area (Å²) in [6.45, 7) is 4.34. The third-order valence-corrected chi connectivity index (χ3v) is 5.00. The molecule has 0 amide bonds. The molecule has 1 heterocycles. The molecule has 0 saturated carbocycles. The van der Waals surface area contributed by atoms with Gasteiger partial charge in [-0.1, -0.05) is 37.3 Å². The van der Waals surface area contributed by atoms with Crippen LogP contribution in [0.3, 0.4) is 0 Å². The van der Waals surface area contributed by atoms with Crippen molar-refractivity contribution < 1.29 is 9.53 Å². The van der Waals surface area contributed by atoms with E-state index in [9.17, 15) is 4.79 Å². The summed E-state index contributed by atoms with van der Waals surface area (Å²) in [5.41, 5.74) is 9.43. The SMILES string of the molecule is CCCOC(=O)c1cc(N)ccc1N1CCC(Cc2ccccc2)CC1. The van der Waals surface area contributed by atoms with Crippen LogP contribution in [0.25, 0.3) is 0 Å². The van der Waals surface area contributed by atoms with E-state index in [0.717, 1.165) is 44.5 Å². The van der Waals surface area contributed by atoms with E-state index in [4.69, 9.17) is 10.5 Å². The van der Waals surface area contributed by atoms with Crippen molar-refractivity contribution >= 4 is 17.3 Å². The van der Waals surface area contributed by atoms with Crippen LogP contribution in [0.2, 0.25) is 0 Å². The van der Waals surface area contributed by atoms with E-state index in [1.54, 1.807) is 6.07 Å². The van der Waals surface area contributed by atoms with E-state index < -0.39 is 0 Å². The summed E-state index contributed by atoms with van der Waals surface area (Å²) >= 11 is 0. The summed E-state index contributed by atoms with van der Waals surface area (Å²) in [5.74, 6) is 0.415. The average molecular weight is 352 g/mol. The van der Waals surface area contributed by atoms with Crippen molar-refractivity contribution in [3.63, 3.8) is 0 Å². The molecular formula is C22H28N2O2. The quantitative estimate of drug-likeness (QED) is 0.622. The normalized spacial score (nSPS) is 15.0. The monoisotopic (exact) mass is 352 g/mol. The molecule has 1 fully saturated rings. The van der Waals surface area contributed by atoms with Gasteiger partial charge in [0.05, 0.1) is 17.9 Å². The molecule has 2 aromatic carbocycles. The lowest BCUT2D eigenvalue weighted by Gasteiger charge is -2.34. The summed E-state index contributed by atoms with van der Waals surface area (Å²) in [4.78, 5) is 14.7. The van der Waals surface area contributed by atoms with Gasteiger partial charge >= 0.3 is 5.97 Å². The van der Waals surface area contributed by atoms with Crippen molar-refractivity contribution in [2.75, 3.05) is 30.3 Å². The molecule has 0 radical (unpaired) electrons. The predicted molar refractivity (Wildman–Crippen MR) is 107 cm³/mol. The predicted octanol–water partition coefficient (Wildman–Crippen LogP) is 4.29. The van der Waals surface area contributed by atoms with Crippen LogP contribution in [-0.4, -0.2) is 25.7 Å². The lowest BCUT2D eigenvalue weighted by atomic mass is 9.90. The lowest BCUT2D eigenvalue weighted by molar-refractivity contribution is 0.0506. The van der Waals surface area contributed by atoms with Crippen LogP contribution in [0.5, 0.6) is 0 Å². The Balaban J connectivity index is 1.66. The zero-order valence-electron chi connectivity index (χ0n) is 15.5. The van der Waals surface area contributed by atoms with Gasteiger partial charge in [-0.2, -0.15) is 0 Å². The number of rotatable bonds is 6. The second-order valence-corrected chi connectivity index (χ2v) is 7.03. The first-order valence-electron chi connectivity index (χ1n) is 9.53. The summed E-state index contributed by atoms with van der Waals surface area (Å²) in [7, 11) is 0. The average Bonchev–Trinajstić information content (AvgIpc) is 2.67. The molecule has 1 saturated heterocycles. The molecule has 0 aromatic heterocycles. The molecule has 26 heavy (non-hydrogen) atoms. The van der Waals surface area contributed by atoms with Gasteiger partial charge in [0.1, 0.15) is 0 Å². The fraction of sp³-hybridized carbons (Fsp3) is 0.409. The maximum atomic E-state index is 12.4. The van der Waals surface area contributed by atoms with Crippen molar-refractivity contribution in [1.82, 2.24) is 0 Å². The summed E-state index contributed by atoms with van der Waals surface area (Å²) in [6, 6.07) is 16.2. The Labute approximate surface area is 156 Å². The number of carbonyl (C=O) groups excluding carboxylic acids is 1. The van der Waals surface area contributed by atoms with Crippen molar-refractivity contribution in [2.24, 2.45) is 5.92 Å². The minimum Gasteiger partial charge on any atom is -0.462 e. The highest BCUT2D eigenvalue weighted by atomic mass is 16.5. The number of nitrogens with two attached hydrogens (primary N) is 1. The Morgan fingerprint density at radius 3 is 2.58 bits per heavy atom. The van der Waals surface area contributed by atoms with Crippen LogP contribution in [-0.2, 0) is 11.2 Å². The highest BCUT2D eigenvalue weighted by Crippen LogP contribution is 2.30. The van der Waals surface area contributed by atoms with Crippen molar-refractivity contribution in [3.8, 4) is 0 Å². The number of piperidine rings is 1. The number of anilines is 2. The highest BCUT2D eigenvalue weighted by molar-refractivity contribution is 5.97. The van der Waals surface area contributed by atoms with Gasteiger partial charge in [-0.3, -0.25) is 0 Å². The van der Waals surface area contributed by atoms with E-state index in [-0.39, 0.29) is 5.97 Å². The summed E-state index contributed by atoms with van der Waals surface area (Å²) in [6.07, 6.45) is 4.20. The minimum absolute atomic E-state index is 0.277. The Morgan fingerprint density at radius 2 is 1.88 bits per heavy atom. The zero-order valence-corrected chi connectivity index (χ0v) is 15.5. The van der Waals surface area contributed by atoms with E-state index >= 15 is 0 Å². The molecule has 0 spiro atoms. The molecule has 2 N–H and O–H groups in total. The standard InChI is InChI=1S/C22H28N2O2/c1-2-14-26-22(25)20-16-19(23)8-9-21(20)24-12-10-18(11-13-24)15-17-6-4-3-5-7-17/h3-9,16,18H,2,10-15,23H2,1H3. The van der Waals surface area contributed by atoms with E-state index in [0.29, 0.717) is 23.8 Å². The lowest BCUT2D eigenvalue weighted by Crippen LogP contribution is -2.35. The van der Waals surface area contributed by atoms with Gasteiger partial charge in [0.2, 0.25) is 0 Å². The number of esters is 1. The second kappa shape index (κ2) is 8.75. The number of hydrogen-bond donors (Lipinski definition) is 1. The maximum absolute atomic E-state index is 12.4. The van der Waals surface area contributed by atoms with Crippen LogP contribution in [0, 0.1) is 5.92 Å². The number of nitrogens with zero attached hydrogens (tertiary/aromatic N) is 1. The smallest absolute Gasteiger partial charge is 0.340 e. The summed E-state index contributed by atoms with van der Waals surface area (Å²) in [5, 5.41) is 0. The Bertz CT molecular complexity index is 722. The first-order chi connectivity index (χ1) is 12.7. The number of benzene rings is 2. The number of hydrogen-bond acceptors (Lipinski definition) is 4. The fourth-order valence-electron chi connectivity index (χ4n) is 3.59. The molecule has 0 unspecified atom stereocenters. The zero-order chi connectivity index (χ0) is 18.4. The van der Waals surface area contributed by atoms with Crippen LogP contribution in [0.15, 0.2) is 48.5 Å². The van der Waals surface area contributed by atoms with Gasteiger partial charge in [0, 0.05) is 18.8 Å². The van der Waals surface area contributed by atoms with E-state index in [1.165, 1.54) is 5.56 Å². The van der Waals surface area contributed by atoms with Gasteiger partial charge < -0.3 is 15.4 Å². The van der Waals surface area contributed by atoms with Gasteiger partial charge in [-0.05, 0) is 55.4 Å². The summed E-state index contributed by atoms with van der Waals surface area (Å²) < 4.78 is 5.34. The largest absolute Gasteiger partial charge is 0.462 e. The molecule has 1 aliphatic rings. The van der Waals surface area contributed by atoms with Crippen LogP contribution in [0.1, 0.15) is 42.1 Å². The molecule has 3 rings (SSSR count). The fourth-order valence-corrected chi connectivity index (χ4v) is 3.59. The second-order valence-electron chi connectivity index (χ2n) is 7.03. The first-order valence-corrected chi connectivity index (χ1v) is 9.53. The molecular weight excluding hydrogens is 324 g/mol. The Hall–Kier alpha value is -2.49. The van der Waals surface area contributed by atoms with Crippen molar-refractivity contribution in [3.05, 3.63) is 59.7 Å². The molecule has 0 bridgehead atoms. The molecule has 4 heteroatoms. The van der Waals surface area contributed by atoms with E-state index in [2.05, 4.69) is 35.2 Å². The van der Waals surface area contributed by atoms with Crippen LogP contribution >= 0.6 is 0 Å². The minimum atomic E-state index is -0.277. The van der Waals surface area contributed by atoms with Crippen LogP contribution in [0.4, 0.5) is 11.4 Å².